The van der Waals surface area contributed by atoms with Crippen LogP contribution in [0.2, 0.25) is 10.0 Å². The minimum absolute atomic E-state index is 0.250. The van der Waals surface area contributed by atoms with E-state index in [-0.39, 0.29) is 5.41 Å². The lowest BCUT2D eigenvalue weighted by molar-refractivity contribution is 0.311. The third-order valence-electron chi connectivity index (χ3n) is 2.94. The highest BCUT2D eigenvalue weighted by Crippen LogP contribution is 2.26. The van der Waals surface area contributed by atoms with Gasteiger partial charge in [-0.1, -0.05) is 49.2 Å². The van der Waals surface area contributed by atoms with Gasteiger partial charge in [-0.25, -0.2) is 0 Å². The first-order chi connectivity index (χ1) is 8.46. The van der Waals surface area contributed by atoms with Crippen molar-refractivity contribution in [3.05, 3.63) is 33.8 Å². The SMILES string of the molecule is CC(C)(CCCCl)CNCc1cccc(Cl)c1Cl. The first-order valence-electron chi connectivity index (χ1n) is 6.16. The van der Waals surface area contributed by atoms with Crippen LogP contribution in [0.3, 0.4) is 0 Å². The second-order valence-electron chi connectivity index (χ2n) is 5.27. The third-order valence-corrected chi connectivity index (χ3v) is 4.06. The molecule has 1 rings (SSSR count). The van der Waals surface area contributed by atoms with E-state index in [0.717, 1.165) is 37.4 Å². The highest BCUT2D eigenvalue weighted by atomic mass is 35.5. The number of alkyl halides is 1. The minimum atomic E-state index is 0.250. The van der Waals surface area contributed by atoms with Crippen LogP contribution in [0.4, 0.5) is 0 Å². The van der Waals surface area contributed by atoms with E-state index in [1.165, 1.54) is 0 Å². The monoisotopic (exact) mass is 307 g/mol. The topological polar surface area (TPSA) is 12.0 Å². The Labute approximate surface area is 125 Å². The molecular weight excluding hydrogens is 289 g/mol. The maximum Gasteiger partial charge on any atom is 0.0637 e. The number of rotatable bonds is 7. The summed E-state index contributed by atoms with van der Waals surface area (Å²) in [4.78, 5) is 0. The van der Waals surface area contributed by atoms with Gasteiger partial charge >= 0.3 is 0 Å². The van der Waals surface area contributed by atoms with Crippen molar-refractivity contribution in [3.63, 3.8) is 0 Å². The molecule has 0 bridgehead atoms. The molecule has 1 aromatic carbocycles. The number of benzene rings is 1. The molecule has 0 fully saturated rings. The Bertz CT molecular complexity index is 377. The molecular formula is C14H20Cl3N. The molecule has 0 aliphatic rings. The Morgan fingerprint density at radius 1 is 1.22 bits per heavy atom. The normalized spacial score (nSPS) is 11.8. The predicted molar refractivity (Wildman–Crippen MR) is 81.9 cm³/mol. The number of hydrogen-bond acceptors (Lipinski definition) is 1. The van der Waals surface area contributed by atoms with E-state index >= 15 is 0 Å². The fourth-order valence-corrected chi connectivity index (χ4v) is 2.37. The summed E-state index contributed by atoms with van der Waals surface area (Å²) in [6.45, 7) is 6.16. The average molecular weight is 309 g/mol. The summed E-state index contributed by atoms with van der Waals surface area (Å²) in [6.07, 6.45) is 2.17. The van der Waals surface area contributed by atoms with Crippen molar-refractivity contribution in [1.29, 1.82) is 0 Å². The van der Waals surface area contributed by atoms with Crippen LogP contribution in [0.1, 0.15) is 32.3 Å². The summed E-state index contributed by atoms with van der Waals surface area (Å²) in [7, 11) is 0. The lowest BCUT2D eigenvalue weighted by Crippen LogP contribution is -2.29. The number of halogens is 3. The summed E-state index contributed by atoms with van der Waals surface area (Å²) in [6, 6.07) is 5.72. The van der Waals surface area contributed by atoms with Crippen molar-refractivity contribution in [3.8, 4) is 0 Å². The Morgan fingerprint density at radius 2 is 1.94 bits per heavy atom. The molecule has 0 radical (unpaired) electrons. The highest BCUT2D eigenvalue weighted by molar-refractivity contribution is 6.42. The van der Waals surface area contributed by atoms with Crippen LogP contribution < -0.4 is 5.32 Å². The van der Waals surface area contributed by atoms with Gasteiger partial charge in [0.15, 0.2) is 0 Å². The summed E-state index contributed by atoms with van der Waals surface area (Å²) in [5, 5.41) is 4.69. The van der Waals surface area contributed by atoms with Gasteiger partial charge in [-0.05, 0) is 29.9 Å². The van der Waals surface area contributed by atoms with Crippen LogP contribution in [0.15, 0.2) is 18.2 Å². The van der Waals surface area contributed by atoms with E-state index in [0.29, 0.717) is 10.0 Å². The van der Waals surface area contributed by atoms with Crippen LogP contribution in [-0.2, 0) is 6.54 Å². The van der Waals surface area contributed by atoms with Gasteiger partial charge in [-0.15, -0.1) is 11.6 Å². The third kappa shape index (κ3) is 5.36. The van der Waals surface area contributed by atoms with Gasteiger partial charge in [-0.3, -0.25) is 0 Å². The molecule has 1 aromatic rings. The van der Waals surface area contributed by atoms with Crippen molar-refractivity contribution in [2.24, 2.45) is 5.41 Å². The Morgan fingerprint density at radius 3 is 2.61 bits per heavy atom. The minimum Gasteiger partial charge on any atom is -0.312 e. The average Bonchev–Trinajstić information content (AvgIpc) is 2.32. The van der Waals surface area contributed by atoms with Crippen molar-refractivity contribution >= 4 is 34.8 Å². The molecule has 1 nitrogen and oxygen atoms in total. The lowest BCUT2D eigenvalue weighted by Gasteiger charge is -2.24. The summed E-state index contributed by atoms with van der Waals surface area (Å²) < 4.78 is 0. The van der Waals surface area contributed by atoms with Crippen LogP contribution in [0.5, 0.6) is 0 Å². The largest absolute Gasteiger partial charge is 0.312 e. The van der Waals surface area contributed by atoms with Gasteiger partial charge < -0.3 is 5.32 Å². The van der Waals surface area contributed by atoms with Crippen molar-refractivity contribution < 1.29 is 0 Å². The van der Waals surface area contributed by atoms with Gasteiger partial charge in [0, 0.05) is 19.0 Å². The van der Waals surface area contributed by atoms with E-state index in [1.54, 1.807) is 6.07 Å². The summed E-state index contributed by atoms with van der Waals surface area (Å²) in [5.74, 6) is 0.726. The molecule has 0 heterocycles. The molecule has 4 heteroatoms. The first-order valence-corrected chi connectivity index (χ1v) is 7.45. The maximum atomic E-state index is 6.14. The highest BCUT2D eigenvalue weighted by Gasteiger charge is 2.16. The number of hydrogen-bond donors (Lipinski definition) is 1. The molecule has 0 saturated carbocycles. The van der Waals surface area contributed by atoms with E-state index in [2.05, 4.69) is 19.2 Å². The molecule has 0 saturated heterocycles. The molecule has 0 unspecified atom stereocenters. The smallest absolute Gasteiger partial charge is 0.0637 e. The van der Waals surface area contributed by atoms with Crippen LogP contribution >= 0.6 is 34.8 Å². The zero-order valence-corrected chi connectivity index (χ0v) is 13.2. The van der Waals surface area contributed by atoms with E-state index in [4.69, 9.17) is 34.8 Å². The molecule has 0 atom stereocenters. The lowest BCUT2D eigenvalue weighted by atomic mass is 9.88. The molecule has 0 aliphatic heterocycles. The van der Waals surface area contributed by atoms with Gasteiger partial charge in [0.1, 0.15) is 0 Å². The molecule has 18 heavy (non-hydrogen) atoms. The molecule has 0 spiro atoms. The second kappa shape index (κ2) is 7.59. The quantitative estimate of drug-likeness (QED) is 0.689. The number of nitrogens with one attached hydrogen (secondary N) is 1. The molecule has 0 aliphatic carbocycles. The van der Waals surface area contributed by atoms with Crippen LogP contribution in [0.25, 0.3) is 0 Å². The second-order valence-corrected chi connectivity index (χ2v) is 6.44. The fraction of sp³-hybridized carbons (Fsp3) is 0.571. The Kier molecular flexibility index (Phi) is 6.79. The van der Waals surface area contributed by atoms with Crippen LogP contribution in [0, 0.1) is 5.41 Å². The summed E-state index contributed by atoms with van der Waals surface area (Å²) >= 11 is 17.8. The summed E-state index contributed by atoms with van der Waals surface area (Å²) in [5.41, 5.74) is 1.29. The van der Waals surface area contributed by atoms with E-state index in [1.807, 2.05) is 12.1 Å². The molecule has 0 amide bonds. The standard InChI is InChI=1S/C14H20Cl3N/c1-14(2,7-4-8-15)10-18-9-11-5-3-6-12(16)13(11)17/h3,5-6,18H,4,7-10H2,1-2H3. The van der Waals surface area contributed by atoms with Gasteiger partial charge in [0.05, 0.1) is 10.0 Å². The first kappa shape index (κ1) is 16.1. The fourth-order valence-electron chi connectivity index (χ4n) is 1.85. The van der Waals surface area contributed by atoms with Gasteiger partial charge in [0.25, 0.3) is 0 Å². The Hall–Kier alpha value is 0.0500. The van der Waals surface area contributed by atoms with Crippen molar-refractivity contribution in [2.45, 2.75) is 33.2 Å². The molecule has 102 valence electrons. The zero-order chi connectivity index (χ0) is 13.6. The predicted octanol–water partition coefficient (Wildman–Crippen LogP) is 5.13. The zero-order valence-electron chi connectivity index (χ0n) is 10.9. The van der Waals surface area contributed by atoms with Crippen molar-refractivity contribution in [1.82, 2.24) is 5.32 Å². The molecule has 0 aromatic heterocycles. The van der Waals surface area contributed by atoms with Gasteiger partial charge in [0.2, 0.25) is 0 Å². The van der Waals surface area contributed by atoms with Crippen LogP contribution in [-0.4, -0.2) is 12.4 Å². The Balaban J connectivity index is 2.44. The van der Waals surface area contributed by atoms with Crippen molar-refractivity contribution in [2.75, 3.05) is 12.4 Å². The van der Waals surface area contributed by atoms with E-state index < -0.39 is 0 Å². The van der Waals surface area contributed by atoms with E-state index in [9.17, 15) is 0 Å². The molecule has 1 N–H and O–H groups in total. The maximum absolute atomic E-state index is 6.14. The van der Waals surface area contributed by atoms with Gasteiger partial charge in [-0.2, -0.15) is 0 Å².